The molecule has 0 bridgehead atoms. The first-order valence-corrected chi connectivity index (χ1v) is 9.14. The molecule has 0 aromatic carbocycles. The first-order chi connectivity index (χ1) is 11.1. The van der Waals surface area contributed by atoms with Crippen LogP contribution in [0.5, 0.6) is 0 Å². The molecule has 1 unspecified atom stereocenters. The second-order valence-corrected chi connectivity index (χ2v) is 6.93. The fraction of sp³-hybridized carbons (Fsp3) is 0.737. The van der Waals surface area contributed by atoms with Gasteiger partial charge in [0.05, 0.1) is 18.1 Å². The fourth-order valence-electron chi connectivity index (χ4n) is 3.02. The number of carbonyl (C=O) groups excluding carboxylic acids is 1. The number of unbranched alkanes of at least 4 members (excludes halogenated alkanes) is 5. The lowest BCUT2D eigenvalue weighted by Gasteiger charge is -2.29. The molecule has 0 saturated carbocycles. The van der Waals surface area contributed by atoms with Crippen LogP contribution in [-0.4, -0.2) is 15.9 Å². The highest BCUT2D eigenvalue weighted by Crippen LogP contribution is 2.35. The molecule has 0 fully saturated rings. The van der Waals surface area contributed by atoms with Gasteiger partial charge in [0, 0.05) is 6.42 Å². The lowest BCUT2D eigenvalue weighted by molar-refractivity contribution is -0.118. The van der Waals surface area contributed by atoms with Crippen LogP contribution in [0.25, 0.3) is 0 Å². The van der Waals surface area contributed by atoms with Gasteiger partial charge in [0.15, 0.2) is 0 Å². The summed E-state index contributed by atoms with van der Waals surface area (Å²) >= 11 is 0. The summed E-state index contributed by atoms with van der Waals surface area (Å²) in [7, 11) is 0. The Morgan fingerprint density at radius 3 is 2.26 bits per heavy atom. The molecule has 1 rings (SSSR count). The van der Waals surface area contributed by atoms with Gasteiger partial charge in [-0.25, -0.2) is 9.97 Å². The molecule has 1 atom stereocenters. The number of amides is 1. The molecule has 0 aliphatic heterocycles. The van der Waals surface area contributed by atoms with Crippen molar-refractivity contribution < 1.29 is 4.79 Å². The largest absolute Gasteiger partial charge is 0.323 e. The number of carbonyl (C=O) groups is 1. The van der Waals surface area contributed by atoms with E-state index in [4.69, 9.17) is 0 Å². The Balaban J connectivity index is 2.49. The SMILES string of the molecule is CCCCCCCC(C)(CCCC)CC(=O)Nc1cncnc1. The summed E-state index contributed by atoms with van der Waals surface area (Å²) in [5.74, 6) is 0.0759. The standard InChI is InChI=1S/C19H33N3O/c1-4-6-8-9-10-12-19(3,11-7-5-2)13-18(23)22-17-14-20-16-21-15-17/h14-16H,4-13H2,1-3H3,(H,22,23). The van der Waals surface area contributed by atoms with Gasteiger partial charge < -0.3 is 5.32 Å². The number of rotatable bonds is 12. The molecule has 0 aliphatic carbocycles. The second kappa shape index (κ2) is 11.1. The lowest BCUT2D eigenvalue weighted by Crippen LogP contribution is -2.25. The minimum atomic E-state index is 0.0759. The van der Waals surface area contributed by atoms with Crippen LogP contribution in [-0.2, 0) is 4.79 Å². The zero-order chi connectivity index (χ0) is 17.0. The predicted molar refractivity (Wildman–Crippen MR) is 96.3 cm³/mol. The Kier molecular flexibility index (Phi) is 9.49. The highest BCUT2D eigenvalue weighted by molar-refractivity contribution is 5.90. The van der Waals surface area contributed by atoms with Crippen molar-refractivity contribution in [2.24, 2.45) is 5.41 Å². The van der Waals surface area contributed by atoms with E-state index in [0.717, 1.165) is 12.8 Å². The van der Waals surface area contributed by atoms with Crippen molar-refractivity contribution in [3.8, 4) is 0 Å². The van der Waals surface area contributed by atoms with Crippen LogP contribution in [0.1, 0.15) is 85.0 Å². The van der Waals surface area contributed by atoms with E-state index < -0.39 is 0 Å². The maximum absolute atomic E-state index is 12.4. The number of nitrogens with zero attached hydrogens (tertiary/aromatic N) is 2. The predicted octanol–water partition coefficient (Wildman–Crippen LogP) is 5.36. The molecule has 4 nitrogen and oxygen atoms in total. The van der Waals surface area contributed by atoms with E-state index >= 15 is 0 Å². The van der Waals surface area contributed by atoms with Crippen molar-refractivity contribution >= 4 is 11.6 Å². The zero-order valence-corrected chi connectivity index (χ0v) is 15.1. The second-order valence-electron chi connectivity index (χ2n) is 6.93. The van der Waals surface area contributed by atoms with Gasteiger partial charge in [-0.1, -0.05) is 65.7 Å². The fourth-order valence-corrected chi connectivity index (χ4v) is 3.02. The van der Waals surface area contributed by atoms with Crippen molar-refractivity contribution in [2.75, 3.05) is 5.32 Å². The van der Waals surface area contributed by atoms with E-state index in [-0.39, 0.29) is 11.3 Å². The Bertz CT molecular complexity index is 436. The van der Waals surface area contributed by atoms with Gasteiger partial charge in [-0.2, -0.15) is 0 Å². The van der Waals surface area contributed by atoms with Gasteiger partial charge in [0.1, 0.15) is 6.33 Å². The van der Waals surface area contributed by atoms with E-state index in [1.54, 1.807) is 12.4 Å². The molecule has 0 spiro atoms. The third-order valence-electron chi connectivity index (χ3n) is 4.45. The van der Waals surface area contributed by atoms with Crippen LogP contribution >= 0.6 is 0 Å². The smallest absolute Gasteiger partial charge is 0.225 e. The van der Waals surface area contributed by atoms with Crippen molar-refractivity contribution in [1.82, 2.24) is 9.97 Å². The Morgan fingerprint density at radius 1 is 1.00 bits per heavy atom. The van der Waals surface area contributed by atoms with Crippen LogP contribution in [0.2, 0.25) is 0 Å². The van der Waals surface area contributed by atoms with Gasteiger partial charge in [-0.05, 0) is 18.3 Å². The molecule has 4 heteroatoms. The van der Waals surface area contributed by atoms with Crippen molar-refractivity contribution in [3.63, 3.8) is 0 Å². The zero-order valence-electron chi connectivity index (χ0n) is 15.1. The van der Waals surface area contributed by atoms with Crippen LogP contribution in [0, 0.1) is 5.41 Å². The van der Waals surface area contributed by atoms with Crippen LogP contribution < -0.4 is 5.32 Å². The van der Waals surface area contributed by atoms with E-state index in [2.05, 4.69) is 36.1 Å². The van der Waals surface area contributed by atoms with E-state index in [1.165, 1.54) is 51.3 Å². The number of anilines is 1. The number of aromatic nitrogens is 2. The Hall–Kier alpha value is -1.45. The highest BCUT2D eigenvalue weighted by atomic mass is 16.1. The molecular formula is C19H33N3O. The Morgan fingerprint density at radius 2 is 1.61 bits per heavy atom. The quantitative estimate of drug-likeness (QED) is 0.527. The molecule has 0 radical (unpaired) electrons. The van der Waals surface area contributed by atoms with Crippen LogP contribution in [0.15, 0.2) is 18.7 Å². The molecule has 1 amide bonds. The molecule has 1 N–H and O–H groups in total. The van der Waals surface area contributed by atoms with Crippen molar-refractivity contribution in [2.45, 2.75) is 85.0 Å². The van der Waals surface area contributed by atoms with Crippen molar-refractivity contribution in [3.05, 3.63) is 18.7 Å². The van der Waals surface area contributed by atoms with Crippen molar-refractivity contribution in [1.29, 1.82) is 0 Å². The summed E-state index contributed by atoms with van der Waals surface area (Å²) < 4.78 is 0. The van der Waals surface area contributed by atoms with Gasteiger partial charge in [0.25, 0.3) is 0 Å². The topological polar surface area (TPSA) is 54.9 Å². The third-order valence-corrected chi connectivity index (χ3v) is 4.45. The molecule has 0 saturated heterocycles. The average molecular weight is 319 g/mol. The van der Waals surface area contributed by atoms with Crippen LogP contribution in [0.3, 0.4) is 0 Å². The highest BCUT2D eigenvalue weighted by Gasteiger charge is 2.26. The monoisotopic (exact) mass is 319 g/mol. The number of hydrogen-bond acceptors (Lipinski definition) is 3. The van der Waals surface area contributed by atoms with E-state index in [0.29, 0.717) is 12.1 Å². The van der Waals surface area contributed by atoms with Gasteiger partial charge in [-0.15, -0.1) is 0 Å². The molecule has 1 heterocycles. The summed E-state index contributed by atoms with van der Waals surface area (Å²) in [5, 5.41) is 2.92. The number of hydrogen-bond donors (Lipinski definition) is 1. The maximum atomic E-state index is 12.4. The summed E-state index contributed by atoms with van der Waals surface area (Å²) in [4.78, 5) is 20.2. The minimum absolute atomic E-state index is 0.0759. The molecule has 1 aromatic rings. The van der Waals surface area contributed by atoms with E-state index in [9.17, 15) is 4.79 Å². The van der Waals surface area contributed by atoms with E-state index in [1.807, 2.05) is 0 Å². The summed E-state index contributed by atoms with van der Waals surface area (Å²) in [6.45, 7) is 6.72. The normalized spacial score (nSPS) is 13.5. The molecular weight excluding hydrogens is 286 g/mol. The van der Waals surface area contributed by atoms with Gasteiger partial charge in [0.2, 0.25) is 5.91 Å². The molecule has 23 heavy (non-hydrogen) atoms. The summed E-state index contributed by atoms with van der Waals surface area (Å²) in [6.07, 6.45) is 16.4. The molecule has 1 aromatic heterocycles. The van der Waals surface area contributed by atoms with Crippen LogP contribution in [0.4, 0.5) is 5.69 Å². The third kappa shape index (κ3) is 8.68. The Labute approximate surface area is 141 Å². The van der Waals surface area contributed by atoms with Gasteiger partial charge in [-0.3, -0.25) is 4.79 Å². The number of nitrogens with one attached hydrogen (secondary N) is 1. The average Bonchev–Trinajstić information content (AvgIpc) is 2.53. The van der Waals surface area contributed by atoms with Gasteiger partial charge >= 0.3 is 0 Å². The minimum Gasteiger partial charge on any atom is -0.323 e. The lowest BCUT2D eigenvalue weighted by atomic mass is 9.77. The molecule has 0 aliphatic rings. The summed E-state index contributed by atoms with van der Waals surface area (Å²) in [6, 6.07) is 0. The summed E-state index contributed by atoms with van der Waals surface area (Å²) in [5.41, 5.74) is 0.778. The first-order valence-electron chi connectivity index (χ1n) is 9.14. The molecule has 130 valence electrons. The first kappa shape index (κ1) is 19.6. The maximum Gasteiger partial charge on any atom is 0.225 e.